The number of nitrogens with zero attached hydrogens (tertiary/aromatic N) is 2. The predicted octanol–water partition coefficient (Wildman–Crippen LogP) is 6.80. The molecule has 0 spiro atoms. The van der Waals surface area contributed by atoms with Crippen LogP contribution in [-0.2, 0) is 0 Å². The Morgan fingerprint density at radius 3 is 2.20 bits per heavy atom. The second-order valence-corrected chi connectivity index (χ2v) is 7.21. The van der Waals surface area contributed by atoms with E-state index < -0.39 is 0 Å². The van der Waals surface area contributed by atoms with Gasteiger partial charge in [0.2, 0.25) is 0 Å². The van der Waals surface area contributed by atoms with Crippen molar-refractivity contribution in [2.24, 2.45) is 5.10 Å². The monoisotopic (exact) mass is 393 g/mol. The second kappa shape index (κ2) is 9.27. The molecule has 1 N–H and O–H groups in total. The fourth-order valence-electron chi connectivity index (χ4n) is 3.81. The van der Waals surface area contributed by atoms with E-state index in [9.17, 15) is 0 Å². The third-order valence-electron chi connectivity index (χ3n) is 5.43. The van der Waals surface area contributed by atoms with Crippen LogP contribution in [0.4, 0.5) is 11.4 Å². The van der Waals surface area contributed by atoms with Crippen LogP contribution in [-0.4, -0.2) is 19.3 Å². The number of para-hydroxylation sites is 1. The lowest BCUT2D eigenvalue weighted by Crippen LogP contribution is -2.21. The van der Waals surface area contributed by atoms with Crippen molar-refractivity contribution < 1.29 is 0 Å². The number of anilines is 2. The van der Waals surface area contributed by atoms with Gasteiger partial charge in [0.1, 0.15) is 0 Å². The maximum atomic E-state index is 4.50. The molecule has 0 aromatic heterocycles. The van der Waals surface area contributed by atoms with Gasteiger partial charge in [0.15, 0.2) is 0 Å². The Morgan fingerprint density at radius 1 is 0.733 bits per heavy atom. The summed E-state index contributed by atoms with van der Waals surface area (Å²) in [5.41, 5.74) is 8.89. The molecule has 3 heteroatoms. The van der Waals surface area contributed by atoms with Crippen LogP contribution in [0.25, 0.3) is 21.9 Å². The van der Waals surface area contributed by atoms with E-state index in [1.807, 2.05) is 12.3 Å². The SMILES string of the molecule is CCN(CC)c1ccc(/C=N/Nc2ccccc2-c2cccc3ccccc23)cc1. The summed E-state index contributed by atoms with van der Waals surface area (Å²) in [4.78, 5) is 2.33. The number of hydrazone groups is 1. The van der Waals surface area contributed by atoms with Gasteiger partial charge in [-0.15, -0.1) is 0 Å². The molecule has 0 aliphatic rings. The van der Waals surface area contributed by atoms with Gasteiger partial charge < -0.3 is 4.90 Å². The van der Waals surface area contributed by atoms with Crippen LogP contribution < -0.4 is 10.3 Å². The number of nitrogens with one attached hydrogen (secondary N) is 1. The van der Waals surface area contributed by atoms with Crippen molar-refractivity contribution in [3.8, 4) is 11.1 Å². The molecule has 0 atom stereocenters. The van der Waals surface area contributed by atoms with E-state index in [1.54, 1.807) is 0 Å². The molecule has 3 nitrogen and oxygen atoms in total. The molecule has 4 aromatic carbocycles. The van der Waals surface area contributed by atoms with Gasteiger partial charge in [-0.05, 0) is 53.9 Å². The van der Waals surface area contributed by atoms with E-state index in [2.05, 4.69) is 114 Å². The van der Waals surface area contributed by atoms with Crippen LogP contribution in [0.2, 0.25) is 0 Å². The van der Waals surface area contributed by atoms with E-state index in [1.165, 1.54) is 22.0 Å². The zero-order valence-corrected chi connectivity index (χ0v) is 17.5. The van der Waals surface area contributed by atoms with Crippen molar-refractivity contribution in [2.75, 3.05) is 23.4 Å². The zero-order valence-electron chi connectivity index (χ0n) is 17.5. The summed E-state index contributed by atoms with van der Waals surface area (Å²) in [5, 5.41) is 6.98. The molecule has 0 heterocycles. The average molecular weight is 394 g/mol. The van der Waals surface area contributed by atoms with Crippen molar-refractivity contribution in [3.05, 3.63) is 96.6 Å². The van der Waals surface area contributed by atoms with Gasteiger partial charge in [-0.3, -0.25) is 5.43 Å². The highest BCUT2D eigenvalue weighted by molar-refractivity contribution is 5.99. The van der Waals surface area contributed by atoms with Crippen molar-refractivity contribution >= 4 is 28.4 Å². The topological polar surface area (TPSA) is 27.6 Å². The van der Waals surface area contributed by atoms with Crippen molar-refractivity contribution in [2.45, 2.75) is 13.8 Å². The lowest BCUT2D eigenvalue weighted by molar-refractivity contribution is 0.866. The lowest BCUT2D eigenvalue weighted by Gasteiger charge is -2.20. The van der Waals surface area contributed by atoms with E-state index in [0.717, 1.165) is 29.9 Å². The van der Waals surface area contributed by atoms with E-state index in [4.69, 9.17) is 0 Å². The second-order valence-electron chi connectivity index (χ2n) is 7.21. The first-order valence-electron chi connectivity index (χ1n) is 10.5. The third-order valence-corrected chi connectivity index (χ3v) is 5.43. The molecule has 0 aliphatic heterocycles. The Labute approximate surface area is 178 Å². The molecular weight excluding hydrogens is 366 g/mol. The number of benzene rings is 4. The summed E-state index contributed by atoms with van der Waals surface area (Å²) < 4.78 is 0. The van der Waals surface area contributed by atoms with Gasteiger partial charge >= 0.3 is 0 Å². The lowest BCUT2D eigenvalue weighted by atomic mass is 9.97. The fraction of sp³-hybridized carbons (Fsp3) is 0.148. The molecular formula is C27H27N3. The van der Waals surface area contributed by atoms with Crippen LogP contribution in [0, 0.1) is 0 Å². The Hall–Kier alpha value is -3.59. The Bertz CT molecular complexity index is 1140. The summed E-state index contributed by atoms with van der Waals surface area (Å²) in [7, 11) is 0. The molecule has 0 bridgehead atoms. The van der Waals surface area contributed by atoms with Crippen LogP contribution in [0.3, 0.4) is 0 Å². The number of rotatable bonds is 7. The Morgan fingerprint density at radius 2 is 1.40 bits per heavy atom. The molecule has 0 saturated heterocycles. The Balaban J connectivity index is 1.57. The summed E-state index contributed by atoms with van der Waals surface area (Å²) >= 11 is 0. The van der Waals surface area contributed by atoms with Gasteiger partial charge in [0, 0.05) is 24.3 Å². The maximum Gasteiger partial charge on any atom is 0.0640 e. The number of hydrogen-bond acceptors (Lipinski definition) is 3. The highest BCUT2D eigenvalue weighted by Crippen LogP contribution is 2.33. The molecule has 0 radical (unpaired) electrons. The van der Waals surface area contributed by atoms with Gasteiger partial charge in [0.05, 0.1) is 11.9 Å². The predicted molar refractivity (Wildman–Crippen MR) is 131 cm³/mol. The molecule has 0 unspecified atom stereocenters. The molecule has 4 rings (SSSR count). The van der Waals surface area contributed by atoms with Crippen molar-refractivity contribution in [1.29, 1.82) is 0 Å². The van der Waals surface area contributed by atoms with Gasteiger partial charge in [-0.1, -0.05) is 72.8 Å². The van der Waals surface area contributed by atoms with E-state index in [0.29, 0.717) is 0 Å². The summed E-state index contributed by atoms with van der Waals surface area (Å²) in [6, 6.07) is 31.7. The van der Waals surface area contributed by atoms with Crippen LogP contribution in [0.1, 0.15) is 19.4 Å². The minimum absolute atomic E-state index is 0.991. The summed E-state index contributed by atoms with van der Waals surface area (Å²) in [6.07, 6.45) is 1.87. The van der Waals surface area contributed by atoms with Gasteiger partial charge in [-0.2, -0.15) is 5.10 Å². The fourth-order valence-corrected chi connectivity index (χ4v) is 3.81. The zero-order chi connectivity index (χ0) is 20.8. The third kappa shape index (κ3) is 4.20. The minimum atomic E-state index is 0.991. The smallest absolute Gasteiger partial charge is 0.0640 e. The highest BCUT2D eigenvalue weighted by Gasteiger charge is 2.07. The normalized spacial score (nSPS) is 11.1. The average Bonchev–Trinajstić information content (AvgIpc) is 2.81. The molecule has 0 fully saturated rings. The number of hydrogen-bond donors (Lipinski definition) is 1. The molecule has 4 aromatic rings. The Kier molecular flexibility index (Phi) is 6.09. The maximum absolute atomic E-state index is 4.50. The molecule has 150 valence electrons. The number of fused-ring (bicyclic) bond motifs is 1. The standard InChI is InChI=1S/C27H27N3/c1-3-30(4-2)23-18-16-21(17-19-23)20-28-29-27-15-8-7-13-26(27)25-14-9-11-22-10-5-6-12-24(22)25/h5-20,29H,3-4H2,1-2H3/b28-20+. The summed E-state index contributed by atoms with van der Waals surface area (Å²) in [5.74, 6) is 0. The van der Waals surface area contributed by atoms with E-state index >= 15 is 0 Å². The van der Waals surface area contributed by atoms with Crippen LogP contribution in [0.15, 0.2) is 96.1 Å². The summed E-state index contributed by atoms with van der Waals surface area (Å²) in [6.45, 7) is 6.37. The highest BCUT2D eigenvalue weighted by atomic mass is 15.3. The van der Waals surface area contributed by atoms with Gasteiger partial charge in [-0.25, -0.2) is 0 Å². The minimum Gasteiger partial charge on any atom is -0.372 e. The first-order valence-corrected chi connectivity index (χ1v) is 10.5. The van der Waals surface area contributed by atoms with Crippen molar-refractivity contribution in [3.63, 3.8) is 0 Å². The molecule has 0 saturated carbocycles. The van der Waals surface area contributed by atoms with E-state index in [-0.39, 0.29) is 0 Å². The van der Waals surface area contributed by atoms with Gasteiger partial charge in [0.25, 0.3) is 0 Å². The first kappa shape index (κ1) is 19.7. The molecule has 0 aliphatic carbocycles. The molecule has 30 heavy (non-hydrogen) atoms. The van der Waals surface area contributed by atoms with Crippen LogP contribution in [0.5, 0.6) is 0 Å². The largest absolute Gasteiger partial charge is 0.372 e. The van der Waals surface area contributed by atoms with Crippen LogP contribution >= 0.6 is 0 Å². The quantitative estimate of drug-likeness (QED) is 0.276. The molecule has 0 amide bonds. The van der Waals surface area contributed by atoms with Crippen molar-refractivity contribution in [1.82, 2.24) is 0 Å². The first-order chi connectivity index (χ1) is 14.8.